The minimum atomic E-state index is -0.456. The highest BCUT2D eigenvalue weighted by Gasteiger charge is 2.30. The van der Waals surface area contributed by atoms with Gasteiger partial charge in [0.05, 0.1) is 39.0 Å². The lowest BCUT2D eigenvalue weighted by molar-refractivity contribution is 0.231. The van der Waals surface area contributed by atoms with Crippen LogP contribution in [0.1, 0.15) is 193 Å². The minimum Gasteiger partial charge on any atom is -0.336 e. The molecule has 2 aliphatic rings. The molecule has 610 valence electrons. The first-order chi connectivity index (χ1) is 55.2. The number of unbranched alkanes of at least 4 members (excludes halogenated alkanes) is 10. The predicted octanol–water partition coefficient (Wildman–Crippen LogP) is 14.3. The number of hydrogen-bond donors (Lipinski definition) is 7. The molecule has 0 fully saturated rings. The van der Waals surface area contributed by atoms with E-state index in [1.165, 1.54) is 25.2 Å². The highest BCUT2D eigenvalue weighted by molar-refractivity contribution is 6.30. The number of carbonyl (C=O) groups is 5. The second-order valence-electron chi connectivity index (χ2n) is 28.8. The number of aromatic amines is 2. The summed E-state index contributed by atoms with van der Waals surface area (Å²) < 4.78 is 9.87. The van der Waals surface area contributed by atoms with Gasteiger partial charge in [-0.1, -0.05) is 175 Å². The molecule has 14 rings (SSSR count). The largest absolute Gasteiger partial charge is 0.344 e. The van der Waals surface area contributed by atoms with Gasteiger partial charge in [-0.05, 0) is 167 Å². The van der Waals surface area contributed by atoms with Gasteiger partial charge >= 0.3 is 30.2 Å². The zero-order valence-electron chi connectivity index (χ0n) is 66.9. The molecule has 0 spiro atoms. The molecule has 5 amide bonds. The van der Waals surface area contributed by atoms with Crippen LogP contribution in [0, 0.1) is 34.6 Å². The molecule has 10 heterocycles. The van der Waals surface area contributed by atoms with E-state index in [9.17, 15) is 47.9 Å². The number of pyridine rings is 5. The van der Waals surface area contributed by atoms with Gasteiger partial charge in [0, 0.05) is 51.7 Å². The van der Waals surface area contributed by atoms with Crippen molar-refractivity contribution in [3.63, 3.8) is 0 Å². The number of aromatic nitrogens is 15. The van der Waals surface area contributed by atoms with Crippen molar-refractivity contribution >= 4 is 120 Å². The van der Waals surface area contributed by atoms with Gasteiger partial charge in [0.15, 0.2) is 28.2 Å². The molecule has 2 aromatic carbocycles. The van der Waals surface area contributed by atoms with E-state index < -0.39 is 30.2 Å². The zero-order valence-corrected chi connectivity index (χ0v) is 69.2. The number of H-pyrrole nitrogens is 2. The van der Waals surface area contributed by atoms with Gasteiger partial charge in [-0.25, -0.2) is 48.9 Å². The summed E-state index contributed by atoms with van der Waals surface area (Å²) in [6.07, 6.45) is 18.2. The summed E-state index contributed by atoms with van der Waals surface area (Å²) in [5.74, 6) is 0. The lowest BCUT2D eigenvalue weighted by Crippen LogP contribution is -2.39. The van der Waals surface area contributed by atoms with Crippen LogP contribution in [-0.4, -0.2) is 122 Å². The number of fused-ring (bicyclic) bond motifs is 7. The van der Waals surface area contributed by atoms with Crippen molar-refractivity contribution in [2.45, 2.75) is 197 Å². The van der Waals surface area contributed by atoms with Crippen LogP contribution >= 0.6 is 34.8 Å². The van der Waals surface area contributed by atoms with Gasteiger partial charge in [0.1, 0.15) is 15.5 Å². The second kappa shape index (κ2) is 39.7. The highest BCUT2D eigenvalue weighted by Crippen LogP contribution is 2.33. The molecule has 0 unspecified atom stereocenters. The molecule has 2 aliphatic carbocycles. The molecule has 0 aliphatic heterocycles. The van der Waals surface area contributed by atoms with Gasteiger partial charge in [0.25, 0.3) is 27.8 Å². The van der Waals surface area contributed by atoms with Crippen molar-refractivity contribution in [1.82, 2.24) is 99.2 Å². The predicted molar refractivity (Wildman–Crippen MR) is 450 cm³/mol. The van der Waals surface area contributed by atoms with E-state index in [-0.39, 0.29) is 39.9 Å². The Balaban J connectivity index is 0.000000153. The van der Waals surface area contributed by atoms with E-state index in [1.54, 1.807) is 75.1 Å². The third kappa shape index (κ3) is 20.1. The quantitative estimate of drug-likeness (QED) is 0.0275. The normalized spacial score (nSPS) is 13.3. The molecule has 115 heavy (non-hydrogen) atoms. The summed E-state index contributed by atoms with van der Waals surface area (Å²) in [6.45, 7) is 19.8. The second-order valence-corrected chi connectivity index (χ2v) is 30.0. The van der Waals surface area contributed by atoms with Crippen LogP contribution in [0.25, 0.3) is 55.2 Å². The standard InChI is InChI=1S/2C18H17ClN4O2.C18H27ClN4O2.2C14H20N4O2/c2*1-10-9-14(19)21-16-15(10)17(24)23(22(16)2)18(25)20-13-8-7-11-5-3-4-6-12(11)13;1-4-6-8-9-10-20-18(25)23-17(24)15-13(3)12-14(19)21-16(15)22(23)11-7-5-2;2*1-3-4-5-6-9-15-14(20)18-13(19)11-8-7-10(2)16-12(11)17-18/h2*3-6,9,13H,7-8H2,1-2H3,(H,20,25);12H,4-11H2,1-3H3,(H,20,25);2*7-8H,3-6,9H2,1-2H3,(H,15,20)(H,16,17)/t2*13-;;;/m10.../s1. The maximum absolute atomic E-state index is 12.8. The minimum absolute atomic E-state index is 0.0914. The van der Waals surface area contributed by atoms with E-state index in [4.69, 9.17) is 34.8 Å². The van der Waals surface area contributed by atoms with Gasteiger partial charge in [-0.3, -0.25) is 48.2 Å². The average Bonchev–Trinajstić information content (AvgIpc) is 1.61. The molecule has 0 saturated carbocycles. The van der Waals surface area contributed by atoms with E-state index in [0.717, 1.165) is 162 Å². The number of nitrogens with zero attached hydrogens (tertiary/aromatic N) is 13. The third-order valence-corrected chi connectivity index (χ3v) is 20.9. The number of benzene rings is 2. The molecule has 2 atom stereocenters. The Morgan fingerprint density at radius 1 is 0.417 bits per heavy atom. The Morgan fingerprint density at radius 3 is 1.17 bits per heavy atom. The molecule has 10 aromatic heterocycles. The molecule has 30 nitrogen and oxygen atoms in total. The molecule has 0 radical (unpaired) electrons. The van der Waals surface area contributed by atoms with Crippen molar-refractivity contribution in [3.05, 3.63) is 209 Å². The number of hydrogen-bond acceptors (Lipinski definition) is 15. The average molecular weight is 1630 g/mol. The SMILES string of the molecule is CCCCCCNC(=O)n1[nH]c2nc(C)ccc2c1=O.CCCCCCNC(=O)n1[nH]c2nc(C)ccc2c1=O.CCCCCCNC(=O)n1c(=O)c2c(C)cc(Cl)nc2n1CCCC.Cc1cc(Cl)nc2c1c(=O)n(C(=O)N[C@@H]1CCc3ccccc31)n2C.Cc1cc(Cl)nc2c1c(=O)n(C(=O)N[C@H]1CCc3ccccc31)n2C. The molecule has 0 bridgehead atoms. The first kappa shape index (κ1) is 86.2. The number of amides is 5. The summed E-state index contributed by atoms with van der Waals surface area (Å²) in [5, 5.41) is 22.8. The summed E-state index contributed by atoms with van der Waals surface area (Å²) in [4.78, 5) is 146. The van der Waals surface area contributed by atoms with Crippen molar-refractivity contribution in [3.8, 4) is 0 Å². The van der Waals surface area contributed by atoms with Gasteiger partial charge in [-0.2, -0.15) is 23.4 Å². The smallest absolute Gasteiger partial charge is 0.336 e. The summed E-state index contributed by atoms with van der Waals surface area (Å²) in [7, 11) is 3.27. The van der Waals surface area contributed by atoms with Gasteiger partial charge in [0.2, 0.25) is 0 Å². The van der Waals surface area contributed by atoms with Gasteiger partial charge < -0.3 is 26.6 Å². The molecule has 12 aromatic rings. The van der Waals surface area contributed by atoms with Crippen LogP contribution in [0.3, 0.4) is 0 Å². The number of carbonyl (C=O) groups excluding carboxylic acids is 5. The Labute approximate surface area is 678 Å². The maximum Gasteiger partial charge on any atom is 0.344 e. The van der Waals surface area contributed by atoms with Crippen molar-refractivity contribution < 1.29 is 24.0 Å². The molecule has 7 N–H and O–H groups in total. The number of rotatable bonds is 20. The summed E-state index contributed by atoms with van der Waals surface area (Å²) in [5.41, 5.74) is 8.76. The van der Waals surface area contributed by atoms with E-state index in [1.807, 2.05) is 57.2 Å². The van der Waals surface area contributed by atoms with Crippen LogP contribution in [0.4, 0.5) is 24.0 Å². The lowest BCUT2D eigenvalue weighted by Gasteiger charge is -2.15. The fourth-order valence-electron chi connectivity index (χ4n) is 14.2. The third-order valence-electron chi connectivity index (χ3n) is 20.3. The Kier molecular flexibility index (Phi) is 29.7. The Hall–Kier alpha value is -11.2. The zero-order chi connectivity index (χ0) is 82.9. The van der Waals surface area contributed by atoms with Crippen LogP contribution in [0.15, 0.2) is 115 Å². The highest BCUT2D eigenvalue weighted by atomic mass is 35.5. The van der Waals surface area contributed by atoms with E-state index >= 15 is 0 Å². The molecular weight excluding hydrogens is 1530 g/mol. The van der Waals surface area contributed by atoms with Crippen molar-refractivity contribution in [1.29, 1.82) is 0 Å². The van der Waals surface area contributed by atoms with Crippen molar-refractivity contribution in [2.75, 3.05) is 19.6 Å². The number of halogens is 3. The summed E-state index contributed by atoms with van der Waals surface area (Å²) >= 11 is 18.1. The van der Waals surface area contributed by atoms with Gasteiger partial charge in [-0.15, -0.1) is 0 Å². The lowest BCUT2D eigenvalue weighted by atomic mass is 10.1. The van der Waals surface area contributed by atoms with Crippen LogP contribution < -0.4 is 54.4 Å². The van der Waals surface area contributed by atoms with Crippen molar-refractivity contribution in [2.24, 2.45) is 14.1 Å². The first-order valence-corrected chi connectivity index (χ1v) is 40.4. The maximum atomic E-state index is 12.8. The van der Waals surface area contributed by atoms with Crippen LogP contribution in [0.5, 0.6) is 0 Å². The summed E-state index contributed by atoms with van der Waals surface area (Å²) in [6, 6.07) is 25.5. The van der Waals surface area contributed by atoms with E-state index in [2.05, 4.69) is 102 Å². The Bertz CT molecular complexity index is 5590. The van der Waals surface area contributed by atoms with Crippen LogP contribution in [0.2, 0.25) is 15.5 Å². The van der Waals surface area contributed by atoms with E-state index in [0.29, 0.717) is 108 Å². The topological polar surface area (TPSA) is 366 Å². The number of nitrogens with one attached hydrogen (secondary N) is 7. The Morgan fingerprint density at radius 2 is 0.774 bits per heavy atom. The number of aryl methyl sites for hydroxylation is 10. The fraction of sp³-hybridized carbons (Fsp3) is 0.427. The molecule has 33 heteroatoms. The van der Waals surface area contributed by atoms with Crippen LogP contribution in [-0.2, 0) is 33.5 Å². The first-order valence-electron chi connectivity index (χ1n) is 39.3. The monoisotopic (exact) mass is 1630 g/mol. The molecule has 0 saturated heterocycles. The fourth-order valence-corrected chi connectivity index (χ4v) is 15.0. The molecular formula is C82H101Cl3N20O10.